The van der Waals surface area contributed by atoms with Gasteiger partial charge in [0.1, 0.15) is 0 Å². The molecule has 3 aromatic rings. The molecule has 8 nitrogen and oxygen atoms in total. The van der Waals surface area contributed by atoms with Gasteiger partial charge in [-0.05, 0) is 35.4 Å². The highest BCUT2D eigenvalue weighted by Gasteiger charge is 2.46. The number of thioether (sulfide) groups is 1. The SMILES string of the molecule is CCCCCCSc1n[n+]2c(c(=O)[nH]1)-c1ccccc1N(C(C)=O)C2c1cc(Br)cc(OC)c1OC. The van der Waals surface area contributed by atoms with Crippen molar-refractivity contribution < 1.29 is 19.0 Å². The number of fused-ring (bicyclic) bond motifs is 3. The molecule has 1 aliphatic rings. The quantitative estimate of drug-likeness (QED) is 0.218. The van der Waals surface area contributed by atoms with E-state index in [0.717, 1.165) is 29.5 Å². The number of nitrogens with zero attached hydrogens (tertiary/aromatic N) is 3. The predicted molar refractivity (Wildman–Crippen MR) is 144 cm³/mol. The van der Waals surface area contributed by atoms with Gasteiger partial charge in [0, 0.05) is 22.2 Å². The van der Waals surface area contributed by atoms with E-state index >= 15 is 0 Å². The van der Waals surface area contributed by atoms with Gasteiger partial charge in [-0.25, -0.2) is 4.90 Å². The molecule has 2 aromatic carbocycles. The average Bonchev–Trinajstić information content (AvgIpc) is 2.86. The summed E-state index contributed by atoms with van der Waals surface area (Å²) in [6.07, 6.45) is 3.74. The minimum Gasteiger partial charge on any atom is -0.493 e. The van der Waals surface area contributed by atoms with E-state index in [2.05, 4.69) is 27.8 Å². The standard InChI is InChI=1S/C26H29BrN4O4S/c1-5-6-7-10-13-36-26-28-24(33)22-18-11-8-9-12-20(18)30(16(2)32)25(31(22)29-26)19-14-17(27)15-21(34-3)23(19)35-4/h8-9,11-12,14-15,25H,5-7,10,13H2,1-4H3/p+1. The van der Waals surface area contributed by atoms with Gasteiger partial charge in [0.2, 0.25) is 11.1 Å². The summed E-state index contributed by atoms with van der Waals surface area (Å²) in [5, 5.41) is 5.37. The summed E-state index contributed by atoms with van der Waals surface area (Å²) < 4.78 is 13.7. The number of H-pyrrole nitrogens is 1. The molecule has 10 heteroatoms. The van der Waals surface area contributed by atoms with Gasteiger partial charge in [0.25, 0.3) is 6.17 Å². The minimum absolute atomic E-state index is 0.192. The number of aromatic amines is 1. The van der Waals surface area contributed by atoms with Crippen LogP contribution < -0.4 is 24.6 Å². The Morgan fingerprint density at radius 3 is 2.67 bits per heavy atom. The van der Waals surface area contributed by atoms with Crippen LogP contribution in [0.25, 0.3) is 11.3 Å². The maximum absolute atomic E-state index is 13.5. The van der Waals surface area contributed by atoms with E-state index in [1.807, 2.05) is 30.3 Å². The van der Waals surface area contributed by atoms with Crippen molar-refractivity contribution in [2.45, 2.75) is 50.9 Å². The second-order valence-corrected chi connectivity index (χ2v) is 10.5. The van der Waals surface area contributed by atoms with E-state index in [1.54, 1.807) is 29.9 Å². The van der Waals surface area contributed by atoms with Gasteiger partial charge in [-0.2, -0.15) is 0 Å². The number of carbonyl (C=O) groups is 1. The fourth-order valence-corrected chi connectivity index (χ4v) is 5.81. The number of hydrogen-bond acceptors (Lipinski definition) is 6. The summed E-state index contributed by atoms with van der Waals surface area (Å²) in [6, 6.07) is 11.0. The molecule has 36 heavy (non-hydrogen) atoms. The smallest absolute Gasteiger partial charge is 0.325 e. The van der Waals surface area contributed by atoms with Crippen LogP contribution in [0.3, 0.4) is 0 Å². The number of unbranched alkanes of at least 4 members (excludes halogenated alkanes) is 3. The molecule has 0 spiro atoms. The lowest BCUT2D eigenvalue weighted by Crippen LogP contribution is -2.60. The number of amides is 1. The number of rotatable bonds is 9. The first-order chi connectivity index (χ1) is 17.4. The number of ether oxygens (including phenoxy) is 2. The topological polar surface area (TPSA) is 88.4 Å². The molecule has 0 bridgehead atoms. The predicted octanol–water partition coefficient (Wildman–Crippen LogP) is 5.09. The Bertz CT molecular complexity index is 1330. The van der Waals surface area contributed by atoms with Crippen LogP contribution in [0.15, 0.2) is 50.8 Å². The molecule has 1 amide bonds. The van der Waals surface area contributed by atoms with E-state index in [0.29, 0.717) is 39.2 Å². The first-order valence-electron chi connectivity index (χ1n) is 11.9. The second kappa shape index (κ2) is 11.5. The van der Waals surface area contributed by atoms with Crippen molar-refractivity contribution in [2.75, 3.05) is 24.9 Å². The van der Waals surface area contributed by atoms with Crippen LogP contribution in [-0.4, -0.2) is 36.0 Å². The molecule has 1 atom stereocenters. The molecule has 190 valence electrons. The Labute approximate surface area is 223 Å². The zero-order chi connectivity index (χ0) is 25.8. The second-order valence-electron chi connectivity index (χ2n) is 8.47. The molecule has 0 saturated heterocycles. The van der Waals surface area contributed by atoms with E-state index in [1.165, 1.54) is 25.1 Å². The van der Waals surface area contributed by atoms with Crippen molar-refractivity contribution in [3.8, 4) is 22.8 Å². The highest BCUT2D eigenvalue weighted by Crippen LogP contribution is 2.43. The fourth-order valence-electron chi connectivity index (χ4n) is 4.51. The third kappa shape index (κ3) is 5.01. The number of hydrogen-bond donors (Lipinski definition) is 1. The highest BCUT2D eigenvalue weighted by atomic mass is 79.9. The first-order valence-corrected chi connectivity index (χ1v) is 13.7. The van der Waals surface area contributed by atoms with Crippen molar-refractivity contribution in [3.63, 3.8) is 0 Å². The van der Waals surface area contributed by atoms with Crippen molar-refractivity contribution in [1.82, 2.24) is 10.1 Å². The van der Waals surface area contributed by atoms with E-state index in [4.69, 9.17) is 14.6 Å². The van der Waals surface area contributed by atoms with Gasteiger partial charge in [-0.15, -0.1) is 0 Å². The molecule has 1 N–H and O–H groups in total. The Kier molecular flexibility index (Phi) is 8.35. The molecule has 0 radical (unpaired) electrons. The van der Waals surface area contributed by atoms with Gasteiger partial charge < -0.3 is 9.47 Å². The van der Waals surface area contributed by atoms with Crippen LogP contribution in [0.2, 0.25) is 0 Å². The molecular weight excluding hydrogens is 544 g/mol. The van der Waals surface area contributed by atoms with Crippen molar-refractivity contribution in [3.05, 3.63) is 56.8 Å². The van der Waals surface area contributed by atoms with E-state index < -0.39 is 6.17 Å². The fraction of sp³-hybridized carbons (Fsp3) is 0.385. The number of benzene rings is 2. The molecule has 1 aliphatic heterocycles. The monoisotopic (exact) mass is 573 g/mol. The number of anilines is 1. The third-order valence-electron chi connectivity index (χ3n) is 6.08. The number of methoxy groups -OCH3 is 2. The molecule has 2 heterocycles. The van der Waals surface area contributed by atoms with E-state index in [9.17, 15) is 9.59 Å². The van der Waals surface area contributed by atoms with Crippen LogP contribution in [0.4, 0.5) is 5.69 Å². The zero-order valence-corrected chi connectivity index (χ0v) is 23.2. The molecule has 1 aromatic heterocycles. The summed E-state index contributed by atoms with van der Waals surface area (Å²) in [4.78, 5) is 31.2. The Morgan fingerprint density at radius 2 is 1.97 bits per heavy atom. The number of carbonyl (C=O) groups excluding carboxylic acids is 1. The Balaban J connectivity index is 1.95. The minimum atomic E-state index is -0.768. The molecule has 0 fully saturated rings. The van der Waals surface area contributed by atoms with Crippen LogP contribution in [-0.2, 0) is 4.79 Å². The maximum atomic E-state index is 13.5. The van der Waals surface area contributed by atoms with Crippen molar-refractivity contribution in [1.29, 1.82) is 0 Å². The number of para-hydroxylation sites is 1. The normalized spacial score (nSPS) is 14.2. The largest absolute Gasteiger partial charge is 0.493 e. The van der Waals surface area contributed by atoms with Gasteiger partial charge in [0.05, 0.1) is 31.0 Å². The lowest BCUT2D eigenvalue weighted by atomic mass is 10.0. The van der Waals surface area contributed by atoms with Crippen LogP contribution in [0.5, 0.6) is 11.5 Å². The maximum Gasteiger partial charge on any atom is 0.325 e. The van der Waals surface area contributed by atoms with Crippen LogP contribution in [0.1, 0.15) is 51.3 Å². The van der Waals surface area contributed by atoms with Crippen LogP contribution in [0, 0.1) is 0 Å². The molecular formula is C26H30BrN4O4S+. The summed E-state index contributed by atoms with van der Waals surface area (Å²) in [6.45, 7) is 3.68. The summed E-state index contributed by atoms with van der Waals surface area (Å²) >= 11 is 5.07. The van der Waals surface area contributed by atoms with Crippen molar-refractivity contribution in [2.24, 2.45) is 0 Å². The molecule has 0 saturated carbocycles. The highest BCUT2D eigenvalue weighted by molar-refractivity contribution is 9.10. The third-order valence-corrected chi connectivity index (χ3v) is 7.49. The van der Waals surface area contributed by atoms with Gasteiger partial charge in [0.15, 0.2) is 11.5 Å². The number of nitrogens with one attached hydrogen (secondary N) is 1. The molecule has 1 unspecified atom stereocenters. The summed E-state index contributed by atoms with van der Waals surface area (Å²) in [5.41, 5.74) is 2.02. The Hall–Kier alpha value is -2.85. The van der Waals surface area contributed by atoms with Crippen molar-refractivity contribution >= 4 is 39.3 Å². The number of aromatic nitrogens is 3. The molecule has 4 rings (SSSR count). The van der Waals surface area contributed by atoms with Gasteiger partial charge in [-0.1, -0.05) is 66.0 Å². The molecule has 0 aliphatic carbocycles. The average molecular weight is 575 g/mol. The first kappa shape index (κ1) is 26.2. The zero-order valence-electron chi connectivity index (χ0n) is 20.8. The van der Waals surface area contributed by atoms with Gasteiger partial charge >= 0.3 is 11.3 Å². The Morgan fingerprint density at radius 1 is 1.19 bits per heavy atom. The lowest BCUT2D eigenvalue weighted by Gasteiger charge is -2.32. The van der Waals surface area contributed by atoms with E-state index in [-0.39, 0.29) is 11.5 Å². The number of halogens is 1. The van der Waals surface area contributed by atoms with Crippen LogP contribution >= 0.6 is 27.7 Å². The lowest BCUT2D eigenvalue weighted by molar-refractivity contribution is -0.763. The summed E-state index contributed by atoms with van der Waals surface area (Å²) in [7, 11) is 3.11. The summed E-state index contributed by atoms with van der Waals surface area (Å²) in [5.74, 6) is 1.61. The van der Waals surface area contributed by atoms with Gasteiger partial charge in [-0.3, -0.25) is 14.6 Å².